The fourth-order valence-corrected chi connectivity index (χ4v) is 1.31. The number of carbonyl (C=O) groups is 2. The fraction of sp³-hybridized carbons (Fsp3) is 0.750. The second-order valence-electron chi connectivity index (χ2n) is 3.37. The van der Waals surface area contributed by atoms with Crippen LogP contribution in [0.1, 0.15) is 6.42 Å². The van der Waals surface area contributed by atoms with Crippen LogP contribution in [0.5, 0.6) is 0 Å². The zero-order valence-corrected chi connectivity index (χ0v) is 8.89. The number of hydrogen-bond acceptors (Lipinski definition) is 6. The average Bonchev–Trinajstić information content (AvgIpc) is 2.47. The maximum atomic E-state index is 11.5. The lowest BCUT2D eigenvalue weighted by atomic mass is 10.5. The monoisotopic (exact) mass is 250 g/mol. The number of carboxylic acids is 1. The van der Waals surface area contributed by atoms with E-state index in [1.54, 1.807) is 0 Å². The maximum Gasteiger partial charge on any atom is 0.328 e. The van der Waals surface area contributed by atoms with Crippen molar-refractivity contribution in [1.29, 1.82) is 0 Å². The Hall–Kier alpha value is -1.42. The lowest BCUT2D eigenvalue weighted by Crippen LogP contribution is -2.38. The number of aliphatic hydroxyl groups excluding tert-OH is 3. The number of hydrogen-bond donors (Lipinski definition) is 4. The van der Waals surface area contributed by atoms with Crippen molar-refractivity contribution in [1.82, 2.24) is 9.80 Å². The van der Waals surface area contributed by atoms with Gasteiger partial charge in [0.15, 0.2) is 12.5 Å². The summed E-state index contributed by atoms with van der Waals surface area (Å²) in [7, 11) is 0. The molecule has 17 heavy (non-hydrogen) atoms. The Labute approximate surface area is 96.4 Å². The third-order valence-electron chi connectivity index (χ3n) is 2.24. The Morgan fingerprint density at radius 2 is 1.88 bits per heavy atom. The van der Waals surface area contributed by atoms with Crippen molar-refractivity contribution in [3.63, 3.8) is 0 Å². The average molecular weight is 250 g/mol. The summed E-state index contributed by atoms with van der Waals surface area (Å²) in [5, 5.41) is 35.9. The molecule has 1 heterocycles. The summed E-state index contributed by atoms with van der Waals surface area (Å²) in [4.78, 5) is 23.1. The van der Waals surface area contributed by atoms with Crippen LogP contribution in [-0.4, -0.2) is 74.8 Å². The number of amides is 2. The molecule has 0 bridgehead atoms. The van der Waals surface area contributed by atoms with Gasteiger partial charge >= 0.3 is 12.0 Å². The molecule has 0 aromatic carbocycles. The molecule has 1 aliphatic heterocycles. The number of aliphatic carboxylic acids is 1. The Morgan fingerprint density at radius 1 is 1.29 bits per heavy atom. The van der Waals surface area contributed by atoms with Crippen LogP contribution in [0.3, 0.4) is 0 Å². The van der Waals surface area contributed by atoms with E-state index in [0.717, 1.165) is 4.90 Å². The lowest BCUT2D eigenvalue weighted by Gasteiger charge is -2.18. The summed E-state index contributed by atoms with van der Waals surface area (Å²) in [6.45, 7) is -1.22. The Balaban J connectivity index is 2.43. The molecule has 4 N–H and O–H groups in total. The first-order valence-electron chi connectivity index (χ1n) is 4.82. The molecule has 9 heteroatoms. The van der Waals surface area contributed by atoms with Gasteiger partial charge in [-0.05, 0) is 0 Å². The molecule has 0 spiro atoms. The number of nitrogens with zero attached hydrogens (tertiary/aromatic N) is 2. The molecule has 0 aliphatic carbocycles. The van der Waals surface area contributed by atoms with E-state index >= 15 is 0 Å². The Bertz CT molecular complexity index is 298. The molecule has 98 valence electrons. The first kappa shape index (κ1) is 13.6. The van der Waals surface area contributed by atoms with Gasteiger partial charge in [0.25, 0.3) is 0 Å². The van der Waals surface area contributed by atoms with Gasteiger partial charge in [-0.3, -0.25) is 14.6 Å². The van der Waals surface area contributed by atoms with E-state index < -0.39 is 31.2 Å². The highest BCUT2D eigenvalue weighted by atomic mass is 16.5. The summed E-state index contributed by atoms with van der Waals surface area (Å²) in [5.41, 5.74) is 0. The van der Waals surface area contributed by atoms with E-state index in [1.807, 2.05) is 0 Å². The van der Waals surface area contributed by atoms with Gasteiger partial charge in [-0.25, -0.2) is 4.79 Å². The highest BCUT2D eigenvalue weighted by Crippen LogP contribution is 2.18. The number of carbonyl (C=O) groups excluding carboxylic acids is 1. The summed E-state index contributed by atoms with van der Waals surface area (Å²) in [6, 6.07) is -0.789. The molecule has 2 unspecified atom stereocenters. The van der Waals surface area contributed by atoms with Crippen LogP contribution in [0, 0.1) is 0 Å². The topological polar surface area (TPSA) is 131 Å². The molecule has 0 aromatic heterocycles. The fourth-order valence-electron chi connectivity index (χ4n) is 1.31. The molecule has 0 radical (unpaired) electrons. The summed E-state index contributed by atoms with van der Waals surface area (Å²) in [5.74, 6) is -1.05. The smallest absolute Gasteiger partial charge is 0.328 e. The standard InChI is InChI=1S/C8H14N2O7/c11-3-9-6(14)7(15)10(8(9)16)4-17-2-1-5(12)13/h6-7,11,14-15H,1-4H2,(H,12,13). The van der Waals surface area contributed by atoms with Gasteiger partial charge in [0.2, 0.25) is 0 Å². The van der Waals surface area contributed by atoms with E-state index in [2.05, 4.69) is 0 Å². The predicted octanol–water partition coefficient (Wildman–Crippen LogP) is -2.24. The van der Waals surface area contributed by atoms with Crippen molar-refractivity contribution in [3.05, 3.63) is 0 Å². The molecule has 9 nitrogen and oxygen atoms in total. The van der Waals surface area contributed by atoms with Crippen LogP contribution >= 0.6 is 0 Å². The first-order valence-corrected chi connectivity index (χ1v) is 4.82. The van der Waals surface area contributed by atoms with Crippen molar-refractivity contribution in [2.24, 2.45) is 0 Å². The van der Waals surface area contributed by atoms with Gasteiger partial charge in [0, 0.05) is 0 Å². The third kappa shape index (κ3) is 3.03. The maximum absolute atomic E-state index is 11.5. The third-order valence-corrected chi connectivity index (χ3v) is 2.24. The summed E-state index contributed by atoms with van der Waals surface area (Å²) in [6.07, 6.45) is -3.28. The summed E-state index contributed by atoms with van der Waals surface area (Å²) >= 11 is 0. The molecular formula is C8H14N2O7. The van der Waals surface area contributed by atoms with Crippen LogP contribution in [0.25, 0.3) is 0 Å². The molecule has 1 saturated heterocycles. The zero-order valence-electron chi connectivity index (χ0n) is 8.89. The van der Waals surface area contributed by atoms with Crippen molar-refractivity contribution < 1.29 is 34.8 Å². The van der Waals surface area contributed by atoms with E-state index in [0.29, 0.717) is 4.90 Å². The number of aliphatic hydroxyl groups is 3. The van der Waals surface area contributed by atoms with Gasteiger partial charge < -0.3 is 25.2 Å². The number of carboxylic acid groups (broad SMARTS) is 1. The molecular weight excluding hydrogens is 236 g/mol. The minimum absolute atomic E-state index is 0.124. The molecule has 0 saturated carbocycles. The molecule has 2 atom stereocenters. The van der Waals surface area contributed by atoms with Crippen LogP contribution in [0.2, 0.25) is 0 Å². The van der Waals surface area contributed by atoms with Gasteiger partial charge in [0.05, 0.1) is 13.0 Å². The zero-order chi connectivity index (χ0) is 13.0. The van der Waals surface area contributed by atoms with E-state index in [-0.39, 0.29) is 19.8 Å². The van der Waals surface area contributed by atoms with E-state index in [4.69, 9.17) is 14.9 Å². The molecule has 1 fully saturated rings. The highest BCUT2D eigenvalue weighted by molar-refractivity contribution is 5.77. The second kappa shape index (κ2) is 5.77. The summed E-state index contributed by atoms with van der Waals surface area (Å²) < 4.78 is 4.86. The number of rotatable bonds is 6. The van der Waals surface area contributed by atoms with Gasteiger partial charge in [-0.2, -0.15) is 0 Å². The minimum Gasteiger partial charge on any atom is -0.481 e. The van der Waals surface area contributed by atoms with Crippen LogP contribution in [-0.2, 0) is 9.53 Å². The van der Waals surface area contributed by atoms with Gasteiger partial charge in [0.1, 0.15) is 13.5 Å². The minimum atomic E-state index is -1.53. The van der Waals surface area contributed by atoms with Gasteiger partial charge in [-0.15, -0.1) is 0 Å². The Morgan fingerprint density at radius 3 is 2.35 bits per heavy atom. The molecule has 2 amide bonds. The van der Waals surface area contributed by atoms with E-state index in [9.17, 15) is 19.8 Å². The normalized spacial score (nSPS) is 24.5. The van der Waals surface area contributed by atoms with Gasteiger partial charge in [-0.1, -0.05) is 0 Å². The van der Waals surface area contributed by atoms with Crippen molar-refractivity contribution >= 4 is 12.0 Å². The van der Waals surface area contributed by atoms with Crippen LogP contribution in [0.4, 0.5) is 4.79 Å². The quantitative estimate of drug-likeness (QED) is 0.392. The first-order chi connectivity index (χ1) is 7.99. The van der Waals surface area contributed by atoms with E-state index in [1.165, 1.54) is 0 Å². The predicted molar refractivity (Wildman–Crippen MR) is 51.2 cm³/mol. The SMILES string of the molecule is O=C(O)CCOCN1C(=O)N(CO)C(O)C1O. The van der Waals surface area contributed by atoms with Crippen molar-refractivity contribution in [2.45, 2.75) is 18.9 Å². The van der Waals surface area contributed by atoms with Crippen molar-refractivity contribution in [2.75, 3.05) is 20.1 Å². The highest BCUT2D eigenvalue weighted by Gasteiger charge is 2.43. The second-order valence-corrected chi connectivity index (χ2v) is 3.37. The molecule has 1 aliphatic rings. The number of urea groups is 1. The van der Waals surface area contributed by atoms with Crippen LogP contribution < -0.4 is 0 Å². The Kier molecular flexibility index (Phi) is 4.63. The lowest BCUT2D eigenvalue weighted by molar-refractivity contribution is -0.139. The molecule has 0 aromatic rings. The van der Waals surface area contributed by atoms with Crippen molar-refractivity contribution in [3.8, 4) is 0 Å². The largest absolute Gasteiger partial charge is 0.481 e. The molecule has 1 rings (SSSR count). The number of ether oxygens (including phenoxy) is 1. The van der Waals surface area contributed by atoms with Crippen LogP contribution in [0.15, 0.2) is 0 Å².